The lowest BCUT2D eigenvalue weighted by Gasteiger charge is -2.14. The first-order valence-corrected chi connectivity index (χ1v) is 7.39. The van der Waals surface area contributed by atoms with E-state index in [4.69, 9.17) is 0 Å². The van der Waals surface area contributed by atoms with Crippen LogP contribution in [-0.4, -0.2) is 16.7 Å². The summed E-state index contributed by atoms with van der Waals surface area (Å²) < 4.78 is 2.30. The summed E-state index contributed by atoms with van der Waals surface area (Å²) in [5.41, 5.74) is 3.93. The predicted molar refractivity (Wildman–Crippen MR) is 82.6 cm³/mol. The molecule has 3 rings (SSSR count). The quantitative estimate of drug-likeness (QED) is 0.593. The number of fused-ring (bicyclic) bond motifs is 1. The maximum absolute atomic E-state index is 3.84. The molecule has 1 nitrogen and oxygen atoms in total. The summed E-state index contributed by atoms with van der Waals surface area (Å²) in [4.78, 5) is 1.40. The van der Waals surface area contributed by atoms with E-state index in [9.17, 15) is 0 Å². The van der Waals surface area contributed by atoms with E-state index >= 15 is 0 Å². The van der Waals surface area contributed by atoms with Crippen LogP contribution in [0.25, 0.3) is 0 Å². The minimum Gasteiger partial charge on any atom is -0.188 e. The van der Waals surface area contributed by atoms with Crippen molar-refractivity contribution in [1.29, 1.82) is 0 Å². The smallest absolute Gasteiger partial charge is 0.188 e. The lowest BCUT2D eigenvalue weighted by molar-refractivity contribution is -0.411. The number of hydrogen-bond donors (Lipinski definition) is 0. The topological polar surface area (TPSA) is 3.01 Å². The number of allylic oxidation sites excluding steroid dienone is 1. The zero-order valence-electron chi connectivity index (χ0n) is 10.8. The third kappa shape index (κ3) is 2.49. The van der Waals surface area contributed by atoms with Crippen LogP contribution in [0.5, 0.6) is 0 Å². The van der Waals surface area contributed by atoms with Gasteiger partial charge < -0.3 is 0 Å². The molecule has 0 unspecified atom stereocenters. The fourth-order valence-corrected chi connectivity index (χ4v) is 3.42. The summed E-state index contributed by atoms with van der Waals surface area (Å²) in [6.07, 6.45) is 5.16. The van der Waals surface area contributed by atoms with E-state index in [0.717, 1.165) is 12.3 Å². The van der Waals surface area contributed by atoms with Gasteiger partial charge in [0.05, 0.1) is 5.56 Å². The Labute approximate surface area is 118 Å². The average molecular weight is 266 g/mol. The summed E-state index contributed by atoms with van der Waals surface area (Å²) in [5, 5.41) is 0. The summed E-state index contributed by atoms with van der Waals surface area (Å²) in [5.74, 6) is 0.963. The molecule has 0 fully saturated rings. The molecule has 0 aromatic heterocycles. The highest BCUT2D eigenvalue weighted by Crippen LogP contribution is 2.31. The first-order chi connectivity index (χ1) is 9.38. The van der Waals surface area contributed by atoms with Crippen LogP contribution >= 0.6 is 11.8 Å². The van der Waals surface area contributed by atoms with Crippen LogP contribution in [0, 0.1) is 0 Å². The fraction of sp³-hybridized carbons (Fsp3) is 0.118. The Balaban J connectivity index is 2.02. The molecule has 0 saturated heterocycles. The Bertz CT molecular complexity index is 629. The third-order valence-electron chi connectivity index (χ3n) is 3.22. The van der Waals surface area contributed by atoms with Crippen LogP contribution in [-0.2, 0) is 6.42 Å². The van der Waals surface area contributed by atoms with Crippen LogP contribution in [0.4, 0.5) is 5.69 Å². The van der Waals surface area contributed by atoms with Gasteiger partial charge in [-0.25, -0.2) is 0 Å². The second-order valence-corrected chi connectivity index (χ2v) is 5.49. The molecule has 0 saturated carbocycles. The van der Waals surface area contributed by atoms with Crippen LogP contribution in [0.2, 0.25) is 0 Å². The van der Waals surface area contributed by atoms with E-state index in [1.165, 1.54) is 21.7 Å². The van der Waals surface area contributed by atoms with Gasteiger partial charge in [0, 0.05) is 17.0 Å². The van der Waals surface area contributed by atoms with Crippen molar-refractivity contribution in [2.24, 2.45) is 0 Å². The molecule has 2 aromatic carbocycles. The summed E-state index contributed by atoms with van der Waals surface area (Å²) in [7, 11) is 0. The SMILES string of the molecule is C=CCc1cccc2c1SC[N+](c1ccccc1)=C2. The zero-order chi connectivity index (χ0) is 13.1. The Kier molecular flexibility index (Phi) is 3.51. The van der Waals surface area contributed by atoms with Crippen molar-refractivity contribution < 1.29 is 4.58 Å². The van der Waals surface area contributed by atoms with E-state index in [0.29, 0.717) is 0 Å². The minimum atomic E-state index is 0.940. The van der Waals surface area contributed by atoms with E-state index in [1.54, 1.807) is 0 Å². The Hall–Kier alpha value is -1.80. The molecule has 0 radical (unpaired) electrons. The number of nitrogens with zero attached hydrogens (tertiary/aromatic N) is 1. The molecule has 2 aromatic rings. The highest BCUT2D eigenvalue weighted by molar-refractivity contribution is 7.99. The number of rotatable bonds is 3. The van der Waals surface area contributed by atoms with Gasteiger partial charge in [-0.05, 0) is 18.1 Å². The van der Waals surface area contributed by atoms with Gasteiger partial charge in [0.15, 0.2) is 12.1 Å². The fourth-order valence-electron chi connectivity index (χ4n) is 2.31. The van der Waals surface area contributed by atoms with Gasteiger partial charge in [-0.1, -0.05) is 48.2 Å². The molecule has 2 heteroatoms. The van der Waals surface area contributed by atoms with Gasteiger partial charge in [0.2, 0.25) is 5.69 Å². The molecular formula is C17H16NS+. The van der Waals surface area contributed by atoms with Crippen LogP contribution in [0.1, 0.15) is 11.1 Å². The molecule has 0 N–H and O–H groups in total. The maximum atomic E-state index is 3.84. The molecule has 1 aliphatic heterocycles. The van der Waals surface area contributed by atoms with E-state index in [1.807, 2.05) is 17.8 Å². The third-order valence-corrected chi connectivity index (χ3v) is 4.42. The van der Waals surface area contributed by atoms with Crippen molar-refractivity contribution in [2.45, 2.75) is 11.3 Å². The molecule has 1 aliphatic rings. The Morgan fingerprint density at radius 1 is 1.11 bits per heavy atom. The van der Waals surface area contributed by atoms with Gasteiger partial charge in [0.25, 0.3) is 0 Å². The van der Waals surface area contributed by atoms with Gasteiger partial charge >= 0.3 is 0 Å². The Morgan fingerprint density at radius 2 is 1.95 bits per heavy atom. The summed E-state index contributed by atoms with van der Waals surface area (Å²) in [6, 6.07) is 17.0. The highest BCUT2D eigenvalue weighted by atomic mass is 32.2. The van der Waals surface area contributed by atoms with Crippen molar-refractivity contribution in [3.8, 4) is 0 Å². The molecule has 94 valence electrons. The molecule has 1 heterocycles. The van der Waals surface area contributed by atoms with Gasteiger partial charge in [-0.3, -0.25) is 0 Å². The van der Waals surface area contributed by atoms with Gasteiger partial charge in [-0.15, -0.1) is 6.58 Å². The summed E-state index contributed by atoms with van der Waals surface area (Å²) >= 11 is 1.91. The van der Waals surface area contributed by atoms with Crippen molar-refractivity contribution in [2.75, 3.05) is 5.88 Å². The van der Waals surface area contributed by atoms with E-state index in [2.05, 4.69) is 65.9 Å². The van der Waals surface area contributed by atoms with E-state index in [-0.39, 0.29) is 0 Å². The van der Waals surface area contributed by atoms with Crippen LogP contribution in [0.3, 0.4) is 0 Å². The first-order valence-electron chi connectivity index (χ1n) is 6.40. The Morgan fingerprint density at radius 3 is 2.74 bits per heavy atom. The zero-order valence-corrected chi connectivity index (χ0v) is 11.6. The molecule has 0 spiro atoms. The minimum absolute atomic E-state index is 0.940. The molecule has 19 heavy (non-hydrogen) atoms. The van der Waals surface area contributed by atoms with Crippen molar-refractivity contribution in [1.82, 2.24) is 0 Å². The highest BCUT2D eigenvalue weighted by Gasteiger charge is 2.20. The van der Waals surface area contributed by atoms with Gasteiger partial charge in [-0.2, -0.15) is 4.58 Å². The standard InChI is InChI=1S/C17H16NS/c1-2-7-14-8-6-9-15-12-18(13-19-17(14)15)16-10-4-3-5-11-16/h2-6,8-12H,1,7,13H2/q+1. The number of hydrogen-bond acceptors (Lipinski definition) is 1. The lowest BCUT2D eigenvalue weighted by atomic mass is 10.1. The van der Waals surface area contributed by atoms with E-state index < -0.39 is 0 Å². The lowest BCUT2D eigenvalue weighted by Crippen LogP contribution is -2.13. The number of para-hydroxylation sites is 1. The van der Waals surface area contributed by atoms with Crippen molar-refractivity contribution >= 4 is 23.7 Å². The normalized spacial score (nSPS) is 13.6. The average Bonchev–Trinajstić information content (AvgIpc) is 2.48. The second-order valence-electron chi connectivity index (χ2n) is 4.54. The molecule has 0 bridgehead atoms. The number of benzene rings is 2. The molecule has 0 amide bonds. The second kappa shape index (κ2) is 5.45. The van der Waals surface area contributed by atoms with Crippen LogP contribution < -0.4 is 0 Å². The summed E-state index contributed by atoms with van der Waals surface area (Å²) in [6.45, 7) is 3.84. The maximum Gasteiger partial charge on any atom is 0.205 e. The molecular weight excluding hydrogens is 250 g/mol. The predicted octanol–water partition coefficient (Wildman–Crippen LogP) is 4.24. The van der Waals surface area contributed by atoms with Crippen molar-refractivity contribution in [3.05, 3.63) is 72.3 Å². The molecule has 0 atom stereocenters. The van der Waals surface area contributed by atoms with Crippen LogP contribution in [0.15, 0.2) is 66.1 Å². The number of thioether (sulfide) groups is 1. The van der Waals surface area contributed by atoms with Crippen molar-refractivity contribution in [3.63, 3.8) is 0 Å². The molecule has 0 aliphatic carbocycles. The first kappa shape index (κ1) is 12.2. The monoisotopic (exact) mass is 266 g/mol. The van der Waals surface area contributed by atoms with Gasteiger partial charge in [0.1, 0.15) is 0 Å². The largest absolute Gasteiger partial charge is 0.205 e.